The number of amides is 1. The van der Waals surface area contributed by atoms with E-state index in [1.165, 1.54) is 29.8 Å². The summed E-state index contributed by atoms with van der Waals surface area (Å²) >= 11 is 0. The predicted octanol–water partition coefficient (Wildman–Crippen LogP) is 1.57. The minimum Gasteiger partial charge on any atom is -0.361 e. The van der Waals surface area contributed by atoms with E-state index in [0.717, 1.165) is 37.8 Å². The van der Waals surface area contributed by atoms with Crippen molar-refractivity contribution in [1.82, 2.24) is 10.3 Å². The summed E-state index contributed by atoms with van der Waals surface area (Å²) in [5.74, 6) is 0.141. The summed E-state index contributed by atoms with van der Waals surface area (Å²) in [4.78, 5) is 15.4. The highest BCUT2D eigenvalue weighted by Crippen LogP contribution is 2.28. The Bertz CT molecular complexity index is 406. The first-order valence-electron chi connectivity index (χ1n) is 5.87. The first-order chi connectivity index (χ1) is 7.36. The Morgan fingerprint density at radius 2 is 1.73 bits per heavy atom. The molecule has 0 saturated heterocycles. The van der Waals surface area contributed by atoms with Gasteiger partial charge in [-0.05, 0) is 44.1 Å². The number of H-pyrrole nitrogens is 1. The van der Waals surface area contributed by atoms with Crippen molar-refractivity contribution >= 4 is 5.91 Å². The molecule has 0 spiro atoms. The predicted molar refractivity (Wildman–Crippen MR) is 58.1 cm³/mol. The van der Waals surface area contributed by atoms with Gasteiger partial charge in [-0.15, -0.1) is 0 Å². The van der Waals surface area contributed by atoms with Crippen molar-refractivity contribution in [3.05, 3.63) is 22.5 Å². The smallest absolute Gasteiger partial charge is 0.253 e. The number of nitrogens with one attached hydrogen (secondary N) is 2. The van der Waals surface area contributed by atoms with E-state index in [1.807, 2.05) is 0 Å². The fourth-order valence-corrected chi connectivity index (χ4v) is 2.76. The molecule has 1 aliphatic heterocycles. The molecular formula is C12H16N2O. The zero-order valence-electron chi connectivity index (χ0n) is 8.86. The second-order valence-corrected chi connectivity index (χ2v) is 4.50. The number of hydrogen-bond donors (Lipinski definition) is 2. The van der Waals surface area contributed by atoms with Crippen LogP contribution in [0.4, 0.5) is 0 Å². The number of carbonyl (C=O) groups is 1. The van der Waals surface area contributed by atoms with Crippen LogP contribution in [0.5, 0.6) is 0 Å². The van der Waals surface area contributed by atoms with Crippen LogP contribution in [-0.4, -0.2) is 17.4 Å². The lowest BCUT2D eigenvalue weighted by Crippen LogP contribution is -2.23. The highest BCUT2D eigenvalue weighted by Gasteiger charge is 2.25. The van der Waals surface area contributed by atoms with Gasteiger partial charge in [-0.25, -0.2) is 0 Å². The molecule has 0 atom stereocenters. The van der Waals surface area contributed by atoms with Crippen LogP contribution in [0.3, 0.4) is 0 Å². The van der Waals surface area contributed by atoms with Gasteiger partial charge >= 0.3 is 0 Å². The summed E-state index contributed by atoms with van der Waals surface area (Å²) < 4.78 is 0. The molecule has 80 valence electrons. The average molecular weight is 204 g/mol. The van der Waals surface area contributed by atoms with E-state index in [1.54, 1.807) is 0 Å². The molecule has 1 aliphatic carbocycles. The zero-order chi connectivity index (χ0) is 10.3. The highest BCUT2D eigenvalue weighted by atomic mass is 16.1. The van der Waals surface area contributed by atoms with Crippen LogP contribution in [0.2, 0.25) is 0 Å². The summed E-state index contributed by atoms with van der Waals surface area (Å²) in [5, 5.41) is 2.98. The van der Waals surface area contributed by atoms with Gasteiger partial charge in [-0.3, -0.25) is 4.79 Å². The lowest BCUT2D eigenvalue weighted by atomic mass is 9.94. The summed E-state index contributed by atoms with van der Waals surface area (Å²) in [5.41, 5.74) is 4.78. The lowest BCUT2D eigenvalue weighted by Gasteiger charge is -2.12. The van der Waals surface area contributed by atoms with Crippen molar-refractivity contribution in [2.45, 2.75) is 38.5 Å². The number of fused-ring (bicyclic) bond motifs is 3. The second-order valence-electron chi connectivity index (χ2n) is 4.50. The fraction of sp³-hybridized carbons (Fsp3) is 0.583. The molecule has 3 nitrogen and oxygen atoms in total. The molecule has 3 rings (SSSR count). The summed E-state index contributed by atoms with van der Waals surface area (Å²) in [6, 6.07) is 0. The first kappa shape index (κ1) is 9.01. The van der Waals surface area contributed by atoms with Crippen molar-refractivity contribution in [3.8, 4) is 0 Å². The standard InChI is InChI=1S/C12H16N2O/c15-12-11-8-4-1-2-5-9(8)14-10(11)6-3-7-13-12/h14H,1-7H2,(H,13,15). The van der Waals surface area contributed by atoms with E-state index in [-0.39, 0.29) is 5.91 Å². The molecule has 3 heteroatoms. The first-order valence-corrected chi connectivity index (χ1v) is 5.87. The third-order valence-corrected chi connectivity index (χ3v) is 3.49. The minimum atomic E-state index is 0.141. The average Bonchev–Trinajstić information content (AvgIpc) is 2.53. The number of hydrogen-bond acceptors (Lipinski definition) is 1. The Morgan fingerprint density at radius 3 is 2.67 bits per heavy atom. The number of aromatic amines is 1. The van der Waals surface area contributed by atoms with Crippen LogP contribution in [0.25, 0.3) is 0 Å². The molecule has 1 aromatic rings. The lowest BCUT2D eigenvalue weighted by molar-refractivity contribution is 0.0955. The van der Waals surface area contributed by atoms with Gasteiger partial charge in [0.15, 0.2) is 0 Å². The second kappa shape index (κ2) is 3.40. The zero-order valence-corrected chi connectivity index (χ0v) is 8.86. The van der Waals surface area contributed by atoms with E-state index in [2.05, 4.69) is 10.3 Å². The molecule has 0 unspecified atom stereocenters. The largest absolute Gasteiger partial charge is 0.361 e. The monoisotopic (exact) mass is 204 g/mol. The van der Waals surface area contributed by atoms with Crippen molar-refractivity contribution < 1.29 is 4.79 Å². The molecule has 0 aromatic carbocycles. The number of carbonyl (C=O) groups excluding carboxylic acids is 1. The quantitative estimate of drug-likeness (QED) is 0.662. The van der Waals surface area contributed by atoms with Crippen LogP contribution in [0.1, 0.15) is 46.6 Å². The van der Waals surface area contributed by atoms with Gasteiger partial charge < -0.3 is 10.3 Å². The van der Waals surface area contributed by atoms with Gasteiger partial charge in [-0.1, -0.05) is 0 Å². The van der Waals surface area contributed by atoms with E-state index < -0.39 is 0 Å². The molecule has 2 aliphatic rings. The van der Waals surface area contributed by atoms with Gasteiger partial charge in [0.1, 0.15) is 0 Å². The number of rotatable bonds is 0. The van der Waals surface area contributed by atoms with Gasteiger partial charge in [0.25, 0.3) is 5.91 Å². The van der Waals surface area contributed by atoms with Gasteiger partial charge in [-0.2, -0.15) is 0 Å². The Hall–Kier alpha value is -1.25. The van der Waals surface area contributed by atoms with E-state index in [4.69, 9.17) is 0 Å². The maximum absolute atomic E-state index is 11.9. The SMILES string of the molecule is O=C1NCCCc2[nH]c3c(c21)CCCC3. The van der Waals surface area contributed by atoms with Gasteiger partial charge in [0, 0.05) is 17.9 Å². The third-order valence-electron chi connectivity index (χ3n) is 3.49. The highest BCUT2D eigenvalue weighted by molar-refractivity contribution is 5.97. The molecule has 15 heavy (non-hydrogen) atoms. The van der Waals surface area contributed by atoms with Crippen molar-refractivity contribution in [2.24, 2.45) is 0 Å². The molecule has 1 aromatic heterocycles. The number of aromatic nitrogens is 1. The summed E-state index contributed by atoms with van der Waals surface area (Å²) in [6.45, 7) is 0.816. The maximum Gasteiger partial charge on any atom is 0.253 e. The number of aryl methyl sites for hydroxylation is 2. The fourth-order valence-electron chi connectivity index (χ4n) is 2.76. The van der Waals surface area contributed by atoms with Gasteiger partial charge in [0.2, 0.25) is 0 Å². The van der Waals surface area contributed by atoms with E-state index >= 15 is 0 Å². The molecule has 0 radical (unpaired) electrons. The molecule has 0 bridgehead atoms. The molecular weight excluding hydrogens is 188 g/mol. The van der Waals surface area contributed by atoms with Gasteiger partial charge in [0.05, 0.1) is 5.56 Å². The topological polar surface area (TPSA) is 44.9 Å². The van der Waals surface area contributed by atoms with E-state index in [9.17, 15) is 4.79 Å². The van der Waals surface area contributed by atoms with Crippen LogP contribution in [0.15, 0.2) is 0 Å². The normalized spacial score (nSPS) is 20.1. The third kappa shape index (κ3) is 1.37. The van der Waals surface area contributed by atoms with Crippen LogP contribution >= 0.6 is 0 Å². The Balaban J connectivity index is 2.12. The van der Waals surface area contributed by atoms with Crippen LogP contribution in [0, 0.1) is 0 Å². The Labute approximate surface area is 89.3 Å². The van der Waals surface area contributed by atoms with Crippen LogP contribution in [-0.2, 0) is 19.3 Å². The van der Waals surface area contributed by atoms with E-state index in [0.29, 0.717) is 0 Å². The Morgan fingerprint density at radius 1 is 0.933 bits per heavy atom. The molecule has 1 amide bonds. The van der Waals surface area contributed by atoms with Crippen molar-refractivity contribution in [1.29, 1.82) is 0 Å². The van der Waals surface area contributed by atoms with Crippen molar-refractivity contribution in [2.75, 3.05) is 6.54 Å². The summed E-state index contributed by atoms with van der Waals surface area (Å²) in [7, 11) is 0. The molecule has 0 saturated carbocycles. The molecule has 2 heterocycles. The van der Waals surface area contributed by atoms with Crippen LogP contribution < -0.4 is 5.32 Å². The molecule has 0 fully saturated rings. The summed E-state index contributed by atoms with van der Waals surface area (Å²) in [6.07, 6.45) is 6.75. The minimum absolute atomic E-state index is 0.141. The maximum atomic E-state index is 11.9. The molecule has 2 N–H and O–H groups in total. The van der Waals surface area contributed by atoms with Crippen molar-refractivity contribution in [3.63, 3.8) is 0 Å². The Kier molecular flexibility index (Phi) is 2.04.